The molecule has 0 unspecified atom stereocenters. The molecule has 2 atom stereocenters. The van der Waals surface area contributed by atoms with Gasteiger partial charge in [-0.05, 0) is 33.6 Å². The van der Waals surface area contributed by atoms with Crippen LogP contribution < -0.4 is 0 Å². The van der Waals surface area contributed by atoms with Crippen molar-refractivity contribution < 1.29 is 14.6 Å². The maximum Gasteiger partial charge on any atom is 0.410 e. The highest BCUT2D eigenvalue weighted by Crippen LogP contribution is 2.24. The van der Waals surface area contributed by atoms with E-state index in [1.54, 1.807) is 4.90 Å². The quantitative estimate of drug-likeness (QED) is 0.798. The number of hydrogen-bond acceptors (Lipinski definition) is 4. The van der Waals surface area contributed by atoms with E-state index in [-0.39, 0.29) is 18.2 Å². The van der Waals surface area contributed by atoms with Crippen molar-refractivity contribution in [2.45, 2.75) is 64.2 Å². The third kappa shape index (κ3) is 4.09. The van der Waals surface area contributed by atoms with Gasteiger partial charge in [0.05, 0.1) is 6.10 Å². The lowest BCUT2D eigenvalue weighted by Crippen LogP contribution is -2.56. The second-order valence-electron chi connectivity index (χ2n) is 6.92. The van der Waals surface area contributed by atoms with Gasteiger partial charge in [0, 0.05) is 32.2 Å². The Morgan fingerprint density at radius 1 is 1.10 bits per heavy atom. The van der Waals surface area contributed by atoms with Crippen LogP contribution in [0, 0.1) is 0 Å². The van der Waals surface area contributed by atoms with Gasteiger partial charge in [0.25, 0.3) is 0 Å². The highest BCUT2D eigenvalue weighted by atomic mass is 16.6. The zero-order valence-corrected chi connectivity index (χ0v) is 13.0. The first-order valence-corrected chi connectivity index (χ1v) is 7.77. The van der Waals surface area contributed by atoms with Crippen LogP contribution in [0.15, 0.2) is 0 Å². The van der Waals surface area contributed by atoms with Gasteiger partial charge in [-0.25, -0.2) is 4.79 Å². The van der Waals surface area contributed by atoms with Crippen LogP contribution >= 0.6 is 0 Å². The zero-order chi connectivity index (χ0) is 14.8. The first kappa shape index (κ1) is 15.6. The maximum absolute atomic E-state index is 12.0. The molecule has 1 aliphatic carbocycles. The second-order valence-corrected chi connectivity index (χ2v) is 6.92. The molecule has 5 heteroatoms. The Morgan fingerprint density at radius 2 is 1.70 bits per heavy atom. The molecule has 1 amide bonds. The molecule has 0 radical (unpaired) electrons. The highest BCUT2D eigenvalue weighted by Gasteiger charge is 2.32. The van der Waals surface area contributed by atoms with Gasteiger partial charge in [-0.2, -0.15) is 0 Å². The first-order valence-electron chi connectivity index (χ1n) is 7.77. The van der Waals surface area contributed by atoms with E-state index in [0.717, 1.165) is 32.4 Å². The molecule has 0 aromatic heterocycles. The fourth-order valence-electron chi connectivity index (χ4n) is 3.08. The van der Waals surface area contributed by atoms with Crippen LogP contribution in [0.3, 0.4) is 0 Å². The van der Waals surface area contributed by atoms with Crippen LogP contribution in [0.25, 0.3) is 0 Å². The van der Waals surface area contributed by atoms with Crippen LogP contribution in [-0.2, 0) is 4.74 Å². The van der Waals surface area contributed by atoms with E-state index < -0.39 is 5.60 Å². The maximum atomic E-state index is 12.0. The van der Waals surface area contributed by atoms with E-state index in [0.29, 0.717) is 13.1 Å². The molecule has 1 aliphatic heterocycles. The normalized spacial score (nSPS) is 29.3. The average Bonchev–Trinajstić information content (AvgIpc) is 2.37. The largest absolute Gasteiger partial charge is 0.444 e. The predicted octanol–water partition coefficient (Wildman–Crippen LogP) is 1.84. The molecule has 2 rings (SSSR count). The van der Waals surface area contributed by atoms with E-state index in [9.17, 15) is 9.90 Å². The Labute approximate surface area is 121 Å². The summed E-state index contributed by atoms with van der Waals surface area (Å²) in [5, 5.41) is 10.1. The van der Waals surface area contributed by atoms with Gasteiger partial charge in [-0.3, -0.25) is 4.90 Å². The van der Waals surface area contributed by atoms with Crippen LogP contribution in [0.4, 0.5) is 4.79 Å². The molecule has 1 saturated heterocycles. The summed E-state index contributed by atoms with van der Waals surface area (Å²) < 4.78 is 5.40. The SMILES string of the molecule is CC(C)(C)OC(=O)N1CCN([C@H]2CCCC[C@@H]2O)CC1. The van der Waals surface area contributed by atoms with Crippen molar-refractivity contribution in [1.29, 1.82) is 0 Å². The molecule has 2 aliphatic rings. The van der Waals surface area contributed by atoms with Crippen molar-refractivity contribution in [3.63, 3.8) is 0 Å². The predicted molar refractivity (Wildman–Crippen MR) is 77.6 cm³/mol. The summed E-state index contributed by atoms with van der Waals surface area (Å²) in [6.07, 6.45) is 3.91. The Hall–Kier alpha value is -0.810. The number of aliphatic hydroxyl groups excluding tert-OH is 1. The van der Waals surface area contributed by atoms with Crippen molar-refractivity contribution in [1.82, 2.24) is 9.80 Å². The zero-order valence-electron chi connectivity index (χ0n) is 13.0. The summed E-state index contributed by atoms with van der Waals surface area (Å²) in [5.41, 5.74) is -0.437. The van der Waals surface area contributed by atoms with Gasteiger partial charge >= 0.3 is 6.09 Å². The van der Waals surface area contributed by atoms with E-state index in [1.165, 1.54) is 6.42 Å². The van der Waals surface area contributed by atoms with Crippen molar-refractivity contribution in [3.05, 3.63) is 0 Å². The molecule has 0 aromatic carbocycles. The number of hydrogen-bond donors (Lipinski definition) is 1. The van der Waals surface area contributed by atoms with Gasteiger partial charge in [0.2, 0.25) is 0 Å². The molecule has 0 aromatic rings. The lowest BCUT2D eigenvalue weighted by Gasteiger charge is -2.42. The Bertz CT molecular complexity index is 333. The molecule has 116 valence electrons. The lowest BCUT2D eigenvalue weighted by molar-refractivity contribution is -0.0161. The summed E-state index contributed by atoms with van der Waals surface area (Å²) in [6, 6.07) is 0.282. The summed E-state index contributed by atoms with van der Waals surface area (Å²) in [5.74, 6) is 0. The number of carbonyl (C=O) groups excluding carboxylic acids is 1. The van der Waals surface area contributed by atoms with Crippen molar-refractivity contribution in [2.24, 2.45) is 0 Å². The van der Waals surface area contributed by atoms with Crippen LogP contribution in [0.1, 0.15) is 46.5 Å². The van der Waals surface area contributed by atoms with E-state index >= 15 is 0 Å². The number of ether oxygens (including phenoxy) is 1. The number of carbonyl (C=O) groups is 1. The third-order valence-electron chi connectivity index (χ3n) is 4.13. The summed E-state index contributed by atoms with van der Waals surface area (Å²) in [6.45, 7) is 8.72. The molecule has 20 heavy (non-hydrogen) atoms. The molecular weight excluding hydrogens is 256 g/mol. The smallest absolute Gasteiger partial charge is 0.410 e. The topological polar surface area (TPSA) is 53.0 Å². The minimum atomic E-state index is -0.437. The van der Waals surface area contributed by atoms with Gasteiger partial charge < -0.3 is 14.7 Å². The summed E-state index contributed by atoms with van der Waals surface area (Å²) in [7, 11) is 0. The van der Waals surface area contributed by atoms with Gasteiger partial charge in [0.1, 0.15) is 5.60 Å². The monoisotopic (exact) mass is 284 g/mol. The van der Waals surface area contributed by atoms with Gasteiger partial charge in [0.15, 0.2) is 0 Å². The van der Waals surface area contributed by atoms with Crippen molar-refractivity contribution in [2.75, 3.05) is 26.2 Å². The van der Waals surface area contributed by atoms with E-state index in [4.69, 9.17) is 4.74 Å². The van der Waals surface area contributed by atoms with Crippen LogP contribution in [0.5, 0.6) is 0 Å². The van der Waals surface area contributed by atoms with E-state index in [2.05, 4.69) is 4.90 Å². The lowest BCUT2D eigenvalue weighted by atomic mass is 9.91. The molecule has 2 fully saturated rings. The number of amides is 1. The van der Waals surface area contributed by atoms with Crippen LogP contribution in [0.2, 0.25) is 0 Å². The van der Waals surface area contributed by atoms with Gasteiger partial charge in [-0.15, -0.1) is 0 Å². The molecule has 0 spiro atoms. The fraction of sp³-hybridized carbons (Fsp3) is 0.933. The summed E-state index contributed by atoms with van der Waals surface area (Å²) in [4.78, 5) is 16.1. The van der Waals surface area contributed by atoms with Crippen molar-refractivity contribution >= 4 is 6.09 Å². The summed E-state index contributed by atoms with van der Waals surface area (Å²) >= 11 is 0. The molecule has 1 N–H and O–H groups in total. The highest BCUT2D eigenvalue weighted by molar-refractivity contribution is 5.68. The first-order chi connectivity index (χ1) is 9.37. The molecule has 0 bridgehead atoms. The van der Waals surface area contributed by atoms with Gasteiger partial charge in [-0.1, -0.05) is 12.8 Å². The average molecular weight is 284 g/mol. The van der Waals surface area contributed by atoms with E-state index in [1.807, 2.05) is 20.8 Å². The number of rotatable bonds is 1. The number of nitrogens with zero attached hydrogens (tertiary/aromatic N) is 2. The number of aliphatic hydroxyl groups is 1. The standard InChI is InChI=1S/C15H28N2O3/c1-15(2,3)20-14(19)17-10-8-16(9-11-17)12-6-4-5-7-13(12)18/h12-13,18H,4-11H2,1-3H3/t12-,13-/m0/s1. The Morgan fingerprint density at radius 3 is 2.25 bits per heavy atom. The third-order valence-corrected chi connectivity index (χ3v) is 4.13. The van der Waals surface area contributed by atoms with Crippen molar-refractivity contribution in [3.8, 4) is 0 Å². The second kappa shape index (κ2) is 6.31. The Kier molecular flexibility index (Phi) is 4.91. The Balaban J connectivity index is 1.81. The molecule has 1 heterocycles. The van der Waals surface area contributed by atoms with Crippen LogP contribution in [-0.4, -0.2) is 64.9 Å². The minimum Gasteiger partial charge on any atom is -0.444 e. The molecular formula is C15H28N2O3. The molecule has 5 nitrogen and oxygen atoms in total. The molecule has 1 saturated carbocycles. The fourth-order valence-corrected chi connectivity index (χ4v) is 3.08. The minimum absolute atomic E-state index is 0.197. The number of piperazine rings is 1.